The van der Waals surface area contributed by atoms with E-state index in [1.807, 2.05) is 4.90 Å². The number of amides is 1. The molecule has 1 amide bonds. The first kappa shape index (κ1) is 14.5. The number of hydrogen-bond donors (Lipinski definition) is 1. The molecule has 0 bridgehead atoms. The van der Waals surface area contributed by atoms with E-state index in [1.165, 1.54) is 32.1 Å². The molecule has 100 valence electrons. The Kier molecular flexibility index (Phi) is 7.25. The van der Waals surface area contributed by atoms with Crippen molar-refractivity contribution in [1.29, 1.82) is 0 Å². The normalized spacial score (nSPS) is 19.9. The summed E-state index contributed by atoms with van der Waals surface area (Å²) in [4.78, 5) is 13.8. The van der Waals surface area contributed by atoms with E-state index in [0.717, 1.165) is 25.9 Å². The number of nitrogens with zero attached hydrogens (tertiary/aromatic N) is 1. The minimum Gasteiger partial charge on any atom is -0.396 e. The van der Waals surface area contributed by atoms with Gasteiger partial charge in [0.15, 0.2) is 0 Å². The van der Waals surface area contributed by atoms with Crippen molar-refractivity contribution in [3.8, 4) is 0 Å². The molecule has 1 aliphatic heterocycles. The Hall–Kier alpha value is -0.570. The highest BCUT2D eigenvalue weighted by Crippen LogP contribution is 2.17. The fourth-order valence-corrected chi connectivity index (χ4v) is 2.42. The molecule has 1 heterocycles. The molecule has 0 aromatic rings. The third-order valence-corrected chi connectivity index (χ3v) is 3.64. The number of carbonyl (C=O) groups excluding carboxylic acids is 1. The lowest BCUT2D eigenvalue weighted by Gasteiger charge is -2.15. The van der Waals surface area contributed by atoms with Gasteiger partial charge in [0.05, 0.1) is 0 Å². The van der Waals surface area contributed by atoms with Crippen LogP contribution in [-0.4, -0.2) is 35.6 Å². The third kappa shape index (κ3) is 5.53. The molecule has 17 heavy (non-hydrogen) atoms. The molecule has 0 radical (unpaired) electrons. The molecule has 0 aromatic heterocycles. The van der Waals surface area contributed by atoms with Gasteiger partial charge in [0.25, 0.3) is 0 Å². The maximum atomic E-state index is 11.8. The van der Waals surface area contributed by atoms with Crippen molar-refractivity contribution in [3.63, 3.8) is 0 Å². The topological polar surface area (TPSA) is 40.5 Å². The quantitative estimate of drug-likeness (QED) is 0.664. The van der Waals surface area contributed by atoms with E-state index >= 15 is 0 Å². The SMILES string of the molecule is CCCCCCCCC(=O)N1CCC(CO)C1. The Morgan fingerprint density at radius 3 is 2.59 bits per heavy atom. The molecule has 1 atom stereocenters. The predicted octanol–water partition coefficient (Wildman–Crippen LogP) is 2.58. The van der Waals surface area contributed by atoms with Gasteiger partial charge in [0.1, 0.15) is 0 Å². The highest BCUT2D eigenvalue weighted by molar-refractivity contribution is 5.76. The fraction of sp³-hybridized carbons (Fsp3) is 0.929. The zero-order valence-electron chi connectivity index (χ0n) is 11.2. The zero-order valence-corrected chi connectivity index (χ0v) is 11.2. The predicted molar refractivity (Wildman–Crippen MR) is 69.8 cm³/mol. The Balaban J connectivity index is 2.01. The van der Waals surface area contributed by atoms with E-state index in [-0.39, 0.29) is 12.5 Å². The summed E-state index contributed by atoms with van der Waals surface area (Å²) in [7, 11) is 0. The maximum absolute atomic E-state index is 11.8. The Morgan fingerprint density at radius 1 is 1.24 bits per heavy atom. The molecule has 1 fully saturated rings. The number of rotatable bonds is 8. The van der Waals surface area contributed by atoms with Gasteiger partial charge < -0.3 is 10.0 Å². The van der Waals surface area contributed by atoms with Crippen LogP contribution in [0.15, 0.2) is 0 Å². The molecule has 0 saturated carbocycles. The highest BCUT2D eigenvalue weighted by atomic mass is 16.3. The minimum absolute atomic E-state index is 0.223. The maximum Gasteiger partial charge on any atom is 0.222 e. The van der Waals surface area contributed by atoms with Crippen LogP contribution < -0.4 is 0 Å². The summed E-state index contributed by atoms with van der Waals surface area (Å²) < 4.78 is 0. The van der Waals surface area contributed by atoms with Gasteiger partial charge in [-0.2, -0.15) is 0 Å². The van der Waals surface area contributed by atoms with Crippen molar-refractivity contribution in [3.05, 3.63) is 0 Å². The van der Waals surface area contributed by atoms with Crippen LogP contribution in [0.1, 0.15) is 58.3 Å². The van der Waals surface area contributed by atoms with Gasteiger partial charge >= 0.3 is 0 Å². The standard InChI is InChI=1S/C14H27NO2/c1-2-3-4-5-6-7-8-14(17)15-10-9-13(11-15)12-16/h13,16H,2-12H2,1H3. The van der Waals surface area contributed by atoms with Crippen molar-refractivity contribution in [2.24, 2.45) is 5.92 Å². The van der Waals surface area contributed by atoms with Gasteiger partial charge in [-0.3, -0.25) is 4.79 Å². The van der Waals surface area contributed by atoms with Crippen LogP contribution in [0.2, 0.25) is 0 Å². The van der Waals surface area contributed by atoms with Gasteiger partial charge in [0.2, 0.25) is 5.91 Å². The van der Waals surface area contributed by atoms with E-state index in [9.17, 15) is 4.79 Å². The van der Waals surface area contributed by atoms with Crippen LogP contribution in [0, 0.1) is 5.92 Å². The van der Waals surface area contributed by atoms with Crippen molar-refractivity contribution < 1.29 is 9.90 Å². The second-order valence-corrected chi connectivity index (χ2v) is 5.19. The smallest absolute Gasteiger partial charge is 0.222 e. The largest absolute Gasteiger partial charge is 0.396 e. The van der Waals surface area contributed by atoms with E-state index in [1.54, 1.807) is 0 Å². The molecule has 3 nitrogen and oxygen atoms in total. The molecule has 1 N–H and O–H groups in total. The van der Waals surface area contributed by atoms with Gasteiger partial charge in [-0.05, 0) is 12.8 Å². The van der Waals surface area contributed by atoms with Crippen LogP contribution in [0.3, 0.4) is 0 Å². The molecule has 1 rings (SSSR count). The van der Waals surface area contributed by atoms with Crippen molar-refractivity contribution in [1.82, 2.24) is 4.90 Å². The summed E-state index contributed by atoms with van der Waals surface area (Å²) >= 11 is 0. The molecule has 1 unspecified atom stereocenters. The summed E-state index contributed by atoms with van der Waals surface area (Å²) in [6.07, 6.45) is 9.05. The van der Waals surface area contributed by atoms with E-state index in [0.29, 0.717) is 12.3 Å². The number of likely N-dealkylation sites (tertiary alicyclic amines) is 1. The first-order chi connectivity index (χ1) is 8.27. The summed E-state index contributed by atoms with van der Waals surface area (Å²) in [5, 5.41) is 9.02. The van der Waals surface area contributed by atoms with E-state index in [2.05, 4.69) is 6.92 Å². The van der Waals surface area contributed by atoms with E-state index < -0.39 is 0 Å². The summed E-state index contributed by atoms with van der Waals surface area (Å²) in [5.74, 6) is 0.611. The van der Waals surface area contributed by atoms with Crippen molar-refractivity contribution >= 4 is 5.91 Å². The van der Waals surface area contributed by atoms with Gasteiger partial charge in [-0.15, -0.1) is 0 Å². The van der Waals surface area contributed by atoms with Gasteiger partial charge in [-0.1, -0.05) is 39.0 Å². The Labute approximate surface area is 105 Å². The molecule has 0 aromatic carbocycles. The lowest BCUT2D eigenvalue weighted by molar-refractivity contribution is -0.130. The van der Waals surface area contributed by atoms with Crippen LogP contribution in [0.5, 0.6) is 0 Å². The number of aliphatic hydroxyl groups excluding tert-OH is 1. The molecule has 1 aliphatic rings. The summed E-state index contributed by atoms with van der Waals surface area (Å²) in [6, 6.07) is 0. The van der Waals surface area contributed by atoms with Gasteiger partial charge in [-0.25, -0.2) is 0 Å². The summed E-state index contributed by atoms with van der Waals surface area (Å²) in [5.41, 5.74) is 0. The number of carbonyl (C=O) groups is 1. The lowest BCUT2D eigenvalue weighted by Crippen LogP contribution is -2.28. The molecular weight excluding hydrogens is 214 g/mol. The van der Waals surface area contributed by atoms with Crippen molar-refractivity contribution in [2.75, 3.05) is 19.7 Å². The van der Waals surface area contributed by atoms with Crippen LogP contribution in [-0.2, 0) is 4.79 Å². The average Bonchev–Trinajstić information content (AvgIpc) is 2.82. The first-order valence-corrected chi connectivity index (χ1v) is 7.16. The molecule has 1 saturated heterocycles. The number of unbranched alkanes of at least 4 members (excludes halogenated alkanes) is 5. The van der Waals surface area contributed by atoms with Crippen LogP contribution >= 0.6 is 0 Å². The first-order valence-electron chi connectivity index (χ1n) is 7.16. The second kappa shape index (κ2) is 8.51. The van der Waals surface area contributed by atoms with Crippen LogP contribution in [0.25, 0.3) is 0 Å². The second-order valence-electron chi connectivity index (χ2n) is 5.19. The summed E-state index contributed by atoms with van der Waals surface area (Å²) in [6.45, 7) is 4.06. The van der Waals surface area contributed by atoms with Crippen molar-refractivity contribution in [2.45, 2.75) is 58.3 Å². The Morgan fingerprint density at radius 2 is 1.94 bits per heavy atom. The number of hydrogen-bond acceptors (Lipinski definition) is 2. The number of aliphatic hydroxyl groups is 1. The minimum atomic E-state index is 0.223. The monoisotopic (exact) mass is 241 g/mol. The highest BCUT2D eigenvalue weighted by Gasteiger charge is 2.24. The van der Waals surface area contributed by atoms with Crippen LogP contribution in [0.4, 0.5) is 0 Å². The zero-order chi connectivity index (χ0) is 12.5. The molecular formula is C14H27NO2. The molecule has 3 heteroatoms. The molecule has 0 spiro atoms. The lowest BCUT2D eigenvalue weighted by atomic mass is 10.1. The fourth-order valence-electron chi connectivity index (χ4n) is 2.42. The average molecular weight is 241 g/mol. The van der Waals surface area contributed by atoms with E-state index in [4.69, 9.17) is 5.11 Å². The molecule has 0 aliphatic carbocycles. The van der Waals surface area contributed by atoms with Gasteiger partial charge in [0, 0.05) is 32.0 Å². The Bertz CT molecular complexity index is 218. The third-order valence-electron chi connectivity index (χ3n) is 3.64.